The van der Waals surface area contributed by atoms with Crippen LogP contribution < -0.4 is 10.6 Å². The van der Waals surface area contributed by atoms with E-state index in [9.17, 15) is 9.50 Å². The molecular weight excluding hydrogens is 470 g/mol. The molecule has 0 radical (unpaired) electrons. The number of likely N-dealkylation sites (N-methyl/N-ethyl adjacent to an activating group) is 1. The number of nitrogens with one attached hydrogen (secondary N) is 2. The van der Waals surface area contributed by atoms with Gasteiger partial charge in [-0.25, -0.2) is 4.39 Å². The molecule has 0 spiro atoms. The highest BCUT2D eigenvalue weighted by molar-refractivity contribution is 14.0. The molecule has 0 aliphatic rings. The number of guanidine groups is 1. The predicted molar refractivity (Wildman–Crippen MR) is 124 cm³/mol. The summed E-state index contributed by atoms with van der Waals surface area (Å²) in [4.78, 5) is 6.39. The van der Waals surface area contributed by atoms with E-state index < -0.39 is 0 Å². The molecule has 0 aliphatic carbocycles. The maximum atomic E-state index is 13.0. The van der Waals surface area contributed by atoms with Crippen molar-refractivity contribution >= 4 is 29.9 Å². The van der Waals surface area contributed by atoms with E-state index in [4.69, 9.17) is 0 Å². The molecule has 154 valence electrons. The Morgan fingerprint density at radius 3 is 2.39 bits per heavy atom. The molecule has 0 saturated heterocycles. The van der Waals surface area contributed by atoms with E-state index in [-0.39, 0.29) is 42.3 Å². The highest BCUT2D eigenvalue weighted by Gasteiger charge is 2.10. The van der Waals surface area contributed by atoms with Crippen LogP contribution in [0, 0.1) is 5.82 Å². The van der Waals surface area contributed by atoms with Crippen molar-refractivity contribution in [1.29, 1.82) is 0 Å². The van der Waals surface area contributed by atoms with Crippen molar-refractivity contribution < 1.29 is 9.50 Å². The minimum absolute atomic E-state index is 0. The number of aliphatic hydroxyl groups is 1. The van der Waals surface area contributed by atoms with E-state index >= 15 is 0 Å². The van der Waals surface area contributed by atoms with Crippen LogP contribution in [0.5, 0.6) is 0 Å². The number of hydrogen-bond donors (Lipinski definition) is 3. The first-order valence-corrected chi connectivity index (χ1v) is 9.15. The van der Waals surface area contributed by atoms with Crippen LogP contribution in [0.2, 0.25) is 0 Å². The second kappa shape index (κ2) is 13.5. The smallest absolute Gasteiger partial charge is 0.191 e. The minimum atomic E-state index is -0.213. The largest absolute Gasteiger partial charge is 0.396 e. The van der Waals surface area contributed by atoms with E-state index in [0.717, 1.165) is 30.8 Å². The number of benzene rings is 2. The number of rotatable bonds is 9. The summed E-state index contributed by atoms with van der Waals surface area (Å²) >= 11 is 0. The van der Waals surface area contributed by atoms with Gasteiger partial charge in [0.1, 0.15) is 5.82 Å². The third-order valence-corrected chi connectivity index (χ3v) is 4.38. The van der Waals surface area contributed by atoms with Crippen molar-refractivity contribution in [3.05, 3.63) is 71.5 Å². The lowest BCUT2D eigenvalue weighted by Gasteiger charge is -2.20. The van der Waals surface area contributed by atoms with Gasteiger partial charge in [-0.3, -0.25) is 4.99 Å². The minimum Gasteiger partial charge on any atom is -0.396 e. The summed E-state index contributed by atoms with van der Waals surface area (Å²) in [5.74, 6) is 0.514. The first-order valence-electron chi connectivity index (χ1n) is 9.15. The molecule has 0 aliphatic heterocycles. The Morgan fingerprint density at radius 1 is 1.11 bits per heavy atom. The zero-order valence-electron chi connectivity index (χ0n) is 16.4. The Balaban J connectivity index is 0.00000392. The number of halogens is 2. The number of aliphatic hydroxyl groups excluding tert-OH is 1. The highest BCUT2D eigenvalue weighted by atomic mass is 127. The van der Waals surface area contributed by atoms with Crippen molar-refractivity contribution in [3.8, 4) is 0 Å². The Labute approximate surface area is 184 Å². The lowest BCUT2D eigenvalue weighted by molar-refractivity contribution is 0.265. The molecule has 7 heteroatoms. The molecule has 5 nitrogen and oxygen atoms in total. The summed E-state index contributed by atoms with van der Waals surface area (Å²) in [5, 5.41) is 16.2. The van der Waals surface area contributed by atoms with Crippen LogP contribution in [0.15, 0.2) is 59.6 Å². The van der Waals surface area contributed by atoms with Crippen molar-refractivity contribution in [1.82, 2.24) is 15.5 Å². The molecule has 2 rings (SSSR count). The lowest BCUT2D eigenvalue weighted by atomic mass is 10.0. The van der Waals surface area contributed by atoms with E-state index in [0.29, 0.717) is 12.5 Å². The molecule has 2 aromatic rings. The van der Waals surface area contributed by atoms with Crippen molar-refractivity contribution in [2.45, 2.75) is 12.5 Å². The second-order valence-corrected chi connectivity index (χ2v) is 6.53. The van der Waals surface area contributed by atoms with Crippen LogP contribution >= 0.6 is 24.0 Å². The average molecular weight is 500 g/mol. The Bertz CT molecular complexity index is 697. The van der Waals surface area contributed by atoms with Crippen LogP contribution in [0.25, 0.3) is 0 Å². The zero-order chi connectivity index (χ0) is 19.5. The molecule has 0 aromatic heterocycles. The number of hydrogen-bond acceptors (Lipinski definition) is 3. The summed E-state index contributed by atoms with van der Waals surface area (Å²) < 4.78 is 13.0. The quantitative estimate of drug-likeness (QED) is 0.282. The fourth-order valence-electron chi connectivity index (χ4n) is 2.80. The van der Waals surface area contributed by atoms with Gasteiger partial charge in [0.15, 0.2) is 5.96 Å². The summed E-state index contributed by atoms with van der Waals surface area (Å²) in [7, 11) is 3.76. The summed E-state index contributed by atoms with van der Waals surface area (Å²) in [6.07, 6.45) is 0. The molecule has 0 amide bonds. The fraction of sp³-hybridized carbons (Fsp3) is 0.381. The van der Waals surface area contributed by atoms with Crippen LogP contribution in [-0.4, -0.2) is 56.3 Å². The first kappa shape index (κ1) is 24.3. The normalized spacial score (nSPS) is 12.4. The third-order valence-electron chi connectivity index (χ3n) is 4.38. The SMILES string of the molecule is CN=C(NCCN(C)Cc1ccc(F)cc1)NCC(CO)c1ccccc1.I. The van der Waals surface area contributed by atoms with Crippen LogP contribution in [0.3, 0.4) is 0 Å². The van der Waals surface area contributed by atoms with Gasteiger partial charge in [0, 0.05) is 39.1 Å². The molecule has 3 N–H and O–H groups in total. The zero-order valence-corrected chi connectivity index (χ0v) is 18.8. The van der Waals surface area contributed by atoms with Gasteiger partial charge in [0.05, 0.1) is 6.61 Å². The summed E-state index contributed by atoms with van der Waals surface area (Å²) in [6.45, 7) is 2.99. The molecule has 2 aromatic carbocycles. The van der Waals surface area contributed by atoms with Gasteiger partial charge >= 0.3 is 0 Å². The van der Waals surface area contributed by atoms with E-state index in [1.54, 1.807) is 19.2 Å². The van der Waals surface area contributed by atoms with Crippen LogP contribution in [0.1, 0.15) is 17.0 Å². The van der Waals surface area contributed by atoms with Crippen molar-refractivity contribution in [2.24, 2.45) is 4.99 Å². The van der Waals surface area contributed by atoms with Gasteiger partial charge in [-0.1, -0.05) is 42.5 Å². The van der Waals surface area contributed by atoms with Gasteiger partial charge in [-0.15, -0.1) is 24.0 Å². The average Bonchev–Trinajstić information content (AvgIpc) is 2.69. The standard InChI is InChI=1S/C21H29FN4O.HI/c1-23-21(25-14-19(16-27)18-6-4-3-5-7-18)24-12-13-26(2)15-17-8-10-20(22)11-9-17;/h3-11,19,27H,12-16H2,1-2H3,(H2,23,24,25);1H. The van der Waals surface area contributed by atoms with E-state index in [2.05, 4.69) is 20.5 Å². The molecule has 0 bridgehead atoms. The second-order valence-electron chi connectivity index (χ2n) is 6.53. The Hall–Kier alpha value is -1.71. The third kappa shape index (κ3) is 8.53. The van der Waals surface area contributed by atoms with Gasteiger partial charge in [0.2, 0.25) is 0 Å². The Morgan fingerprint density at radius 2 is 1.79 bits per heavy atom. The molecule has 1 unspecified atom stereocenters. The Kier molecular flexibility index (Phi) is 11.7. The highest BCUT2D eigenvalue weighted by Crippen LogP contribution is 2.13. The maximum absolute atomic E-state index is 13.0. The van der Waals surface area contributed by atoms with Gasteiger partial charge < -0.3 is 20.6 Å². The lowest BCUT2D eigenvalue weighted by Crippen LogP contribution is -2.42. The van der Waals surface area contributed by atoms with E-state index in [1.807, 2.05) is 37.4 Å². The number of aliphatic imine (C=N–C) groups is 1. The maximum Gasteiger partial charge on any atom is 0.191 e. The molecule has 28 heavy (non-hydrogen) atoms. The van der Waals surface area contributed by atoms with Crippen LogP contribution in [-0.2, 0) is 6.54 Å². The van der Waals surface area contributed by atoms with Crippen molar-refractivity contribution in [3.63, 3.8) is 0 Å². The summed E-state index contributed by atoms with van der Waals surface area (Å²) in [6, 6.07) is 16.5. The topological polar surface area (TPSA) is 59.9 Å². The molecule has 1 atom stereocenters. The fourth-order valence-corrected chi connectivity index (χ4v) is 2.80. The van der Waals surface area contributed by atoms with Gasteiger partial charge in [0.25, 0.3) is 0 Å². The molecular formula is C21H30FIN4O. The van der Waals surface area contributed by atoms with Gasteiger partial charge in [-0.2, -0.15) is 0 Å². The predicted octanol–water partition coefficient (Wildman–Crippen LogP) is 2.82. The monoisotopic (exact) mass is 500 g/mol. The number of nitrogens with zero attached hydrogens (tertiary/aromatic N) is 2. The van der Waals surface area contributed by atoms with Gasteiger partial charge in [-0.05, 0) is 30.3 Å². The van der Waals surface area contributed by atoms with Crippen molar-refractivity contribution in [2.75, 3.05) is 40.3 Å². The molecule has 0 fully saturated rings. The molecule has 0 heterocycles. The van der Waals surface area contributed by atoms with E-state index in [1.165, 1.54) is 12.1 Å². The first-order chi connectivity index (χ1) is 13.1. The summed E-state index contributed by atoms with van der Waals surface area (Å²) in [5.41, 5.74) is 2.18. The van der Waals surface area contributed by atoms with Crippen LogP contribution in [0.4, 0.5) is 4.39 Å². The molecule has 0 saturated carbocycles.